The van der Waals surface area contributed by atoms with E-state index in [1.807, 2.05) is 0 Å². The van der Waals surface area contributed by atoms with Gasteiger partial charge in [0, 0.05) is 0 Å². The molecule has 0 fully saturated rings. The van der Waals surface area contributed by atoms with Gasteiger partial charge in [-0.2, -0.15) is 4.99 Å². The van der Waals surface area contributed by atoms with Gasteiger partial charge in [0.15, 0.2) is 0 Å². The van der Waals surface area contributed by atoms with Crippen LogP contribution in [-0.4, -0.2) is 6.08 Å². The van der Waals surface area contributed by atoms with Gasteiger partial charge in [-0.05, 0) is 22.5 Å². The van der Waals surface area contributed by atoms with Crippen LogP contribution in [0.2, 0.25) is 0 Å². The number of aliphatic imine (C=N–C) groups is 1. The first kappa shape index (κ1) is 13.7. The maximum absolute atomic E-state index is 10.4. The van der Waals surface area contributed by atoms with E-state index in [2.05, 4.69) is 63.9 Å². The van der Waals surface area contributed by atoms with Crippen molar-refractivity contribution in [3.63, 3.8) is 0 Å². The number of hydrogen-bond acceptors (Lipinski definition) is 2. The van der Waals surface area contributed by atoms with E-state index >= 15 is 0 Å². The lowest BCUT2D eigenvalue weighted by atomic mass is 9.85. The number of carbonyl (C=O) groups excluding carboxylic acids is 1. The molecule has 0 saturated heterocycles. The van der Waals surface area contributed by atoms with E-state index in [4.69, 9.17) is 0 Å². The van der Waals surface area contributed by atoms with Gasteiger partial charge in [-0.25, -0.2) is 4.79 Å². The third kappa shape index (κ3) is 3.54. The Morgan fingerprint density at radius 2 is 1.65 bits per heavy atom. The van der Waals surface area contributed by atoms with Gasteiger partial charge in [-0.15, -0.1) is 0 Å². The smallest absolute Gasteiger partial charge is 0.211 e. The predicted octanol–water partition coefficient (Wildman–Crippen LogP) is 4.02. The fourth-order valence-electron chi connectivity index (χ4n) is 1.85. The summed E-state index contributed by atoms with van der Waals surface area (Å²) in [5, 5.41) is 0. The van der Waals surface area contributed by atoms with Crippen LogP contribution in [0.3, 0.4) is 0 Å². The second-order valence-electron chi connectivity index (χ2n) is 5.78. The van der Waals surface area contributed by atoms with Crippen LogP contribution < -0.4 is 0 Å². The lowest BCUT2D eigenvalue weighted by Gasteiger charge is -2.21. The molecule has 0 aromatic heterocycles. The van der Waals surface area contributed by atoms with Gasteiger partial charge in [0.2, 0.25) is 6.08 Å². The molecule has 1 rings (SSSR count). The average Bonchev–Trinajstić information content (AvgIpc) is 2.24. The molecule has 1 unspecified atom stereocenters. The summed E-state index contributed by atoms with van der Waals surface area (Å²) < 4.78 is 0. The predicted molar refractivity (Wildman–Crippen MR) is 70.8 cm³/mol. The van der Waals surface area contributed by atoms with Crippen molar-refractivity contribution in [2.45, 2.75) is 46.1 Å². The molecule has 1 aromatic carbocycles. The molecular weight excluding hydrogens is 210 g/mol. The normalized spacial score (nSPS) is 13.3. The summed E-state index contributed by atoms with van der Waals surface area (Å²) in [5.74, 6) is 0.303. The van der Waals surface area contributed by atoms with Gasteiger partial charge >= 0.3 is 0 Å². The first-order chi connectivity index (χ1) is 7.86. The van der Waals surface area contributed by atoms with Crippen LogP contribution >= 0.6 is 0 Å². The van der Waals surface area contributed by atoms with E-state index in [1.54, 1.807) is 6.08 Å². The Hall–Kier alpha value is -1.40. The van der Waals surface area contributed by atoms with Crippen molar-refractivity contribution < 1.29 is 4.79 Å². The molecular formula is C15H21NO. The van der Waals surface area contributed by atoms with Crippen molar-refractivity contribution in [2.24, 2.45) is 10.9 Å². The lowest BCUT2D eigenvalue weighted by molar-refractivity contribution is 0.501. The molecule has 0 N–H and O–H groups in total. The van der Waals surface area contributed by atoms with Crippen molar-refractivity contribution in [1.29, 1.82) is 0 Å². The molecule has 0 radical (unpaired) electrons. The number of isocyanates is 1. The first-order valence-corrected chi connectivity index (χ1v) is 6.03. The molecule has 0 saturated carbocycles. The molecule has 1 atom stereocenters. The third-order valence-electron chi connectivity index (χ3n) is 2.94. The molecule has 0 bridgehead atoms. The van der Waals surface area contributed by atoms with Gasteiger partial charge in [0.05, 0.1) is 6.04 Å². The van der Waals surface area contributed by atoms with E-state index in [1.165, 1.54) is 5.56 Å². The highest BCUT2D eigenvalue weighted by atomic mass is 16.1. The summed E-state index contributed by atoms with van der Waals surface area (Å²) in [6, 6.07) is 8.27. The summed E-state index contributed by atoms with van der Waals surface area (Å²) >= 11 is 0. The molecule has 0 amide bonds. The maximum Gasteiger partial charge on any atom is 0.235 e. The van der Waals surface area contributed by atoms with Crippen LogP contribution in [0, 0.1) is 5.92 Å². The first-order valence-electron chi connectivity index (χ1n) is 6.03. The van der Waals surface area contributed by atoms with Crippen molar-refractivity contribution in [2.75, 3.05) is 0 Å². The highest BCUT2D eigenvalue weighted by molar-refractivity contribution is 5.36. The molecule has 2 nitrogen and oxygen atoms in total. The zero-order chi connectivity index (χ0) is 13.1. The van der Waals surface area contributed by atoms with Crippen LogP contribution in [-0.2, 0) is 10.2 Å². The topological polar surface area (TPSA) is 29.4 Å². The molecule has 0 aliphatic carbocycles. The van der Waals surface area contributed by atoms with Crippen molar-refractivity contribution in [3.05, 3.63) is 35.4 Å². The standard InChI is InChI=1S/C15H21NO/c1-11(2)14(16-10-17)12-6-8-13(9-7-12)15(3,4)5/h6-9,11,14H,1-5H3. The fourth-order valence-corrected chi connectivity index (χ4v) is 1.85. The van der Waals surface area contributed by atoms with Gasteiger partial charge in [-0.3, -0.25) is 0 Å². The Bertz CT molecular complexity index is 406. The minimum absolute atomic E-state index is 0.0819. The Kier molecular flexibility index (Phi) is 4.25. The summed E-state index contributed by atoms with van der Waals surface area (Å²) in [6.07, 6.45) is 1.67. The Labute approximate surface area is 104 Å². The molecule has 1 aromatic rings. The molecule has 0 spiro atoms. The fraction of sp³-hybridized carbons (Fsp3) is 0.533. The monoisotopic (exact) mass is 231 g/mol. The minimum atomic E-state index is -0.0819. The van der Waals surface area contributed by atoms with Crippen LogP contribution in [0.25, 0.3) is 0 Å². The van der Waals surface area contributed by atoms with Crippen molar-refractivity contribution in [3.8, 4) is 0 Å². The van der Waals surface area contributed by atoms with Crippen molar-refractivity contribution in [1.82, 2.24) is 0 Å². The van der Waals surface area contributed by atoms with Gasteiger partial charge < -0.3 is 0 Å². The minimum Gasteiger partial charge on any atom is -0.211 e. The highest BCUT2D eigenvalue weighted by Crippen LogP contribution is 2.28. The van der Waals surface area contributed by atoms with E-state index in [-0.39, 0.29) is 11.5 Å². The Balaban J connectivity index is 3.04. The van der Waals surface area contributed by atoms with E-state index < -0.39 is 0 Å². The summed E-state index contributed by atoms with van der Waals surface area (Å²) in [7, 11) is 0. The largest absolute Gasteiger partial charge is 0.235 e. The number of rotatable bonds is 3. The zero-order valence-electron chi connectivity index (χ0n) is 11.3. The summed E-state index contributed by atoms with van der Waals surface area (Å²) in [5.41, 5.74) is 2.52. The summed E-state index contributed by atoms with van der Waals surface area (Å²) in [6.45, 7) is 10.7. The quantitative estimate of drug-likeness (QED) is 0.570. The average molecular weight is 231 g/mol. The van der Waals surface area contributed by atoms with E-state index in [0.717, 1.165) is 5.56 Å². The van der Waals surface area contributed by atoms with E-state index in [0.29, 0.717) is 5.92 Å². The molecule has 0 aliphatic rings. The van der Waals surface area contributed by atoms with Gasteiger partial charge in [-0.1, -0.05) is 58.9 Å². The third-order valence-corrected chi connectivity index (χ3v) is 2.94. The molecule has 92 valence electrons. The number of nitrogens with zero attached hydrogens (tertiary/aromatic N) is 1. The van der Waals surface area contributed by atoms with Gasteiger partial charge in [0.1, 0.15) is 0 Å². The second-order valence-corrected chi connectivity index (χ2v) is 5.78. The Morgan fingerprint density at radius 3 is 2.00 bits per heavy atom. The molecule has 17 heavy (non-hydrogen) atoms. The molecule has 0 aliphatic heterocycles. The van der Waals surface area contributed by atoms with Crippen molar-refractivity contribution >= 4 is 6.08 Å². The van der Waals surface area contributed by atoms with Crippen LogP contribution in [0.5, 0.6) is 0 Å². The van der Waals surface area contributed by atoms with Crippen LogP contribution in [0.4, 0.5) is 0 Å². The van der Waals surface area contributed by atoms with Crippen LogP contribution in [0.1, 0.15) is 51.8 Å². The Morgan fingerprint density at radius 1 is 1.12 bits per heavy atom. The highest BCUT2D eigenvalue weighted by Gasteiger charge is 2.17. The second kappa shape index (κ2) is 5.29. The summed E-state index contributed by atoms with van der Waals surface area (Å²) in [4.78, 5) is 14.3. The zero-order valence-corrected chi connectivity index (χ0v) is 11.3. The number of hydrogen-bond donors (Lipinski definition) is 0. The van der Waals surface area contributed by atoms with Crippen LogP contribution in [0.15, 0.2) is 29.3 Å². The molecule has 0 heterocycles. The lowest BCUT2D eigenvalue weighted by Crippen LogP contribution is -2.11. The van der Waals surface area contributed by atoms with E-state index in [9.17, 15) is 4.79 Å². The maximum atomic E-state index is 10.4. The molecule has 2 heteroatoms. The SMILES string of the molecule is CC(C)C(N=C=O)c1ccc(C(C)(C)C)cc1. The number of benzene rings is 1. The van der Waals surface area contributed by atoms with Gasteiger partial charge in [0.25, 0.3) is 0 Å².